The van der Waals surface area contributed by atoms with Gasteiger partial charge in [0.15, 0.2) is 0 Å². The molecule has 0 radical (unpaired) electrons. The van der Waals surface area contributed by atoms with E-state index in [1.54, 1.807) is 12.1 Å². The number of carbonyl (C=O) groups is 1. The average Bonchev–Trinajstić information content (AvgIpc) is 2.68. The predicted molar refractivity (Wildman–Crippen MR) is 102 cm³/mol. The summed E-state index contributed by atoms with van der Waals surface area (Å²) in [5.41, 5.74) is 1.17. The number of nitrogens with zero attached hydrogens (tertiary/aromatic N) is 2. The van der Waals surface area contributed by atoms with Crippen LogP contribution in [0, 0.1) is 10.1 Å². The molecule has 1 N–H and O–H groups in total. The summed E-state index contributed by atoms with van der Waals surface area (Å²) < 4.78 is 10.6. The van der Waals surface area contributed by atoms with Crippen LogP contribution in [0.15, 0.2) is 36.4 Å². The zero-order valence-electron chi connectivity index (χ0n) is 14.6. The van der Waals surface area contributed by atoms with E-state index in [2.05, 4.69) is 10.2 Å². The zero-order valence-corrected chi connectivity index (χ0v) is 15.4. The molecule has 1 saturated heterocycles. The second kappa shape index (κ2) is 8.24. The van der Waals surface area contributed by atoms with Crippen molar-refractivity contribution in [2.75, 3.05) is 43.6 Å². The third kappa shape index (κ3) is 4.29. The Kier molecular flexibility index (Phi) is 5.78. The van der Waals surface area contributed by atoms with E-state index < -0.39 is 10.8 Å². The Hall–Kier alpha value is -2.84. The van der Waals surface area contributed by atoms with Crippen LogP contribution in [0.25, 0.3) is 0 Å². The van der Waals surface area contributed by atoms with Crippen molar-refractivity contribution in [3.05, 3.63) is 57.1 Å². The topological polar surface area (TPSA) is 93.9 Å². The number of nitro groups is 1. The first-order valence-electron chi connectivity index (χ1n) is 8.25. The summed E-state index contributed by atoms with van der Waals surface area (Å²) in [5.74, 6) is 0.0407. The smallest absolute Gasteiger partial charge is 0.270 e. The first-order chi connectivity index (χ1) is 13.0. The molecule has 2 aromatic carbocycles. The number of methoxy groups -OCH3 is 1. The van der Waals surface area contributed by atoms with E-state index >= 15 is 0 Å². The van der Waals surface area contributed by atoms with Crippen molar-refractivity contribution in [1.29, 1.82) is 0 Å². The van der Waals surface area contributed by atoms with Gasteiger partial charge in [0.2, 0.25) is 0 Å². The Labute approximate surface area is 160 Å². The number of rotatable bonds is 5. The molecule has 0 saturated carbocycles. The van der Waals surface area contributed by atoms with E-state index in [9.17, 15) is 14.9 Å². The monoisotopic (exact) mass is 391 g/mol. The highest BCUT2D eigenvalue weighted by Crippen LogP contribution is 2.32. The minimum Gasteiger partial charge on any atom is -0.497 e. The second-order valence-electron chi connectivity index (χ2n) is 5.86. The van der Waals surface area contributed by atoms with Crippen molar-refractivity contribution in [1.82, 2.24) is 0 Å². The number of anilines is 2. The first kappa shape index (κ1) is 18.9. The molecule has 1 heterocycles. The Balaban J connectivity index is 1.93. The minimum atomic E-state index is -0.572. The van der Waals surface area contributed by atoms with Crippen molar-refractivity contribution in [3.63, 3.8) is 0 Å². The van der Waals surface area contributed by atoms with Crippen LogP contribution in [-0.2, 0) is 4.74 Å². The second-order valence-corrected chi connectivity index (χ2v) is 6.27. The van der Waals surface area contributed by atoms with E-state index in [1.165, 1.54) is 19.2 Å². The number of ether oxygens (including phenoxy) is 2. The summed E-state index contributed by atoms with van der Waals surface area (Å²) in [7, 11) is 1.53. The Morgan fingerprint density at radius 3 is 2.67 bits per heavy atom. The van der Waals surface area contributed by atoms with Gasteiger partial charge in [0.1, 0.15) is 5.75 Å². The molecule has 1 fully saturated rings. The number of carbonyl (C=O) groups excluding carboxylic acids is 1. The lowest BCUT2D eigenvalue weighted by Crippen LogP contribution is -2.36. The number of hydrogen-bond acceptors (Lipinski definition) is 6. The van der Waals surface area contributed by atoms with Gasteiger partial charge in [-0.05, 0) is 18.2 Å². The highest BCUT2D eigenvalue weighted by molar-refractivity contribution is 6.34. The summed E-state index contributed by atoms with van der Waals surface area (Å²) in [6, 6.07) is 9.11. The Morgan fingerprint density at radius 2 is 2.00 bits per heavy atom. The first-order valence-corrected chi connectivity index (χ1v) is 8.63. The molecule has 0 unspecified atom stereocenters. The summed E-state index contributed by atoms with van der Waals surface area (Å²) in [6.45, 7) is 2.56. The van der Waals surface area contributed by atoms with Crippen molar-refractivity contribution in [3.8, 4) is 5.75 Å². The van der Waals surface area contributed by atoms with Gasteiger partial charge in [0.05, 0.1) is 47.2 Å². The lowest BCUT2D eigenvalue weighted by Gasteiger charge is -2.30. The summed E-state index contributed by atoms with van der Waals surface area (Å²) in [5, 5.41) is 13.9. The quantitative estimate of drug-likeness (QED) is 0.620. The van der Waals surface area contributed by atoms with Crippen molar-refractivity contribution >= 4 is 34.6 Å². The van der Waals surface area contributed by atoms with Gasteiger partial charge in [-0.25, -0.2) is 0 Å². The summed E-state index contributed by atoms with van der Waals surface area (Å²) in [4.78, 5) is 25.2. The number of benzene rings is 2. The Morgan fingerprint density at radius 1 is 1.26 bits per heavy atom. The van der Waals surface area contributed by atoms with E-state index in [-0.39, 0.29) is 16.3 Å². The molecular formula is C18H18ClN3O5. The number of amides is 1. The van der Waals surface area contributed by atoms with Crippen LogP contribution in [0.3, 0.4) is 0 Å². The maximum absolute atomic E-state index is 12.7. The SMILES string of the molecule is COc1ccc(N2CCOCC2)c(NC(=O)c2cc([N+](=O)[O-])ccc2Cl)c1. The fourth-order valence-electron chi connectivity index (χ4n) is 2.81. The van der Waals surface area contributed by atoms with Crippen LogP contribution in [0.2, 0.25) is 5.02 Å². The van der Waals surface area contributed by atoms with Crippen LogP contribution in [0.4, 0.5) is 17.1 Å². The van der Waals surface area contributed by atoms with Crippen LogP contribution >= 0.6 is 11.6 Å². The lowest BCUT2D eigenvalue weighted by molar-refractivity contribution is -0.384. The van der Waals surface area contributed by atoms with Crippen LogP contribution in [0.1, 0.15) is 10.4 Å². The van der Waals surface area contributed by atoms with Crippen molar-refractivity contribution in [2.24, 2.45) is 0 Å². The molecule has 2 aromatic rings. The molecule has 1 amide bonds. The number of morpholine rings is 1. The lowest BCUT2D eigenvalue weighted by atomic mass is 10.1. The summed E-state index contributed by atoms with van der Waals surface area (Å²) in [6.07, 6.45) is 0. The van der Waals surface area contributed by atoms with E-state index in [0.717, 1.165) is 11.8 Å². The normalized spacial score (nSPS) is 13.9. The van der Waals surface area contributed by atoms with Crippen molar-refractivity contribution < 1.29 is 19.2 Å². The van der Waals surface area contributed by atoms with Gasteiger partial charge in [-0.2, -0.15) is 0 Å². The molecule has 1 aliphatic heterocycles. The van der Waals surface area contributed by atoms with Crippen molar-refractivity contribution in [2.45, 2.75) is 0 Å². The van der Waals surface area contributed by atoms with Gasteiger partial charge in [0.25, 0.3) is 11.6 Å². The van der Waals surface area contributed by atoms with E-state index in [1.807, 2.05) is 6.07 Å². The number of nitro benzene ring substituents is 1. The van der Waals surface area contributed by atoms with Gasteiger partial charge in [-0.15, -0.1) is 0 Å². The van der Waals surface area contributed by atoms with E-state index in [4.69, 9.17) is 21.1 Å². The van der Waals surface area contributed by atoms with Gasteiger partial charge >= 0.3 is 0 Å². The zero-order chi connectivity index (χ0) is 19.4. The third-order valence-electron chi connectivity index (χ3n) is 4.21. The molecule has 142 valence electrons. The average molecular weight is 392 g/mol. The standard InChI is InChI=1S/C18H18ClN3O5/c1-26-13-3-5-17(21-6-8-27-9-7-21)16(11-13)20-18(23)14-10-12(22(24)25)2-4-15(14)19/h2-5,10-11H,6-9H2,1H3,(H,20,23). The maximum Gasteiger partial charge on any atom is 0.270 e. The fraction of sp³-hybridized carbons (Fsp3) is 0.278. The van der Waals surface area contributed by atoms with Gasteiger partial charge < -0.3 is 19.7 Å². The Bertz CT molecular complexity index is 868. The van der Waals surface area contributed by atoms with Gasteiger partial charge in [-0.3, -0.25) is 14.9 Å². The molecule has 0 aliphatic carbocycles. The molecule has 27 heavy (non-hydrogen) atoms. The van der Waals surface area contributed by atoms with E-state index in [0.29, 0.717) is 37.7 Å². The molecule has 1 aliphatic rings. The van der Waals surface area contributed by atoms with Crippen LogP contribution in [0.5, 0.6) is 5.75 Å². The molecular weight excluding hydrogens is 374 g/mol. The highest BCUT2D eigenvalue weighted by Gasteiger charge is 2.20. The molecule has 9 heteroatoms. The van der Waals surface area contributed by atoms with Gasteiger partial charge in [-0.1, -0.05) is 11.6 Å². The number of non-ortho nitro benzene ring substituents is 1. The predicted octanol–water partition coefficient (Wildman–Crippen LogP) is 3.35. The number of halogens is 1. The molecule has 0 aromatic heterocycles. The van der Waals surface area contributed by atoms with Crippen LogP contribution in [-0.4, -0.2) is 44.2 Å². The largest absolute Gasteiger partial charge is 0.497 e. The minimum absolute atomic E-state index is 0.0293. The number of hydrogen-bond donors (Lipinski definition) is 1. The molecule has 8 nitrogen and oxygen atoms in total. The fourth-order valence-corrected chi connectivity index (χ4v) is 3.02. The maximum atomic E-state index is 12.7. The number of nitrogens with one attached hydrogen (secondary N) is 1. The van der Waals surface area contributed by atoms with Gasteiger partial charge in [0, 0.05) is 31.3 Å². The molecule has 0 bridgehead atoms. The summed E-state index contributed by atoms with van der Waals surface area (Å²) >= 11 is 6.07. The van der Waals surface area contributed by atoms with Crippen LogP contribution < -0.4 is 15.0 Å². The highest BCUT2D eigenvalue weighted by atomic mass is 35.5. The molecule has 3 rings (SSSR count). The molecule has 0 spiro atoms. The molecule has 0 atom stereocenters. The third-order valence-corrected chi connectivity index (χ3v) is 4.54.